The van der Waals surface area contributed by atoms with Crippen LogP contribution in [0.5, 0.6) is 0 Å². The monoisotopic (exact) mass is 1190 g/mol. The van der Waals surface area contributed by atoms with Crippen molar-refractivity contribution in [1.82, 2.24) is 0 Å². The predicted molar refractivity (Wildman–Crippen MR) is 257 cm³/mol. The molecule has 6 heteroatoms. The maximum absolute atomic E-state index is 7.11. The Morgan fingerprint density at radius 1 is 0.339 bits per heavy atom. The second-order valence-electron chi connectivity index (χ2n) is 13.5. The second kappa shape index (κ2) is 21.8. The van der Waals surface area contributed by atoms with Crippen LogP contribution in [0.25, 0.3) is 40.3 Å². The van der Waals surface area contributed by atoms with Gasteiger partial charge in [0.1, 0.15) is 37.1 Å². The van der Waals surface area contributed by atoms with Crippen molar-refractivity contribution < 1.29 is 44.8 Å². The molecule has 0 bridgehead atoms. The average molecular weight is 1190 g/mol. The first-order chi connectivity index (χ1) is 28.2. The Balaban J connectivity index is 0.000000156. The number of hydrogen-bond acceptors (Lipinski definition) is 2. The van der Waals surface area contributed by atoms with Crippen LogP contribution in [0, 0.1) is 24.7 Å². The van der Waals surface area contributed by atoms with E-state index in [4.69, 9.17) is 12.8 Å². The van der Waals surface area contributed by atoms with Gasteiger partial charge in [0.2, 0.25) is 0 Å². The van der Waals surface area contributed by atoms with Crippen LogP contribution < -0.4 is 21.2 Å². The minimum absolute atomic E-state index is 0. The zero-order chi connectivity index (χ0) is 38.8. The summed E-state index contributed by atoms with van der Waals surface area (Å²) in [5.41, 5.74) is 1.68. The fourth-order valence-electron chi connectivity index (χ4n) is 7.08. The third-order valence-electron chi connectivity index (χ3n) is 9.89. The van der Waals surface area contributed by atoms with Crippen molar-refractivity contribution in [3.63, 3.8) is 0 Å². The van der Waals surface area contributed by atoms with Gasteiger partial charge in [-0.3, -0.25) is 11.8 Å². The van der Waals surface area contributed by atoms with Crippen LogP contribution in [-0.2, 0) is 44.8 Å². The molecule has 0 aliphatic rings. The van der Waals surface area contributed by atoms with Gasteiger partial charge in [-0.05, 0) is 71.4 Å². The summed E-state index contributed by atoms with van der Waals surface area (Å²) in [5.74, 6) is 6.09. The Morgan fingerprint density at radius 3 is 0.949 bits per heavy atom. The van der Waals surface area contributed by atoms with Crippen molar-refractivity contribution in [3.8, 4) is 11.8 Å². The standard InChI is InChI=1S/C25H22P2.2C14H7S.2Au/c1-5-13-22(14-6-1)26(23-15-7-2-8-16-23)21-27(24-17-9-3-10-18-24)25-19-11-4-12-20-25;2*1-2-10-7-8-12-11-5-3-4-6-13(11)15-14(12)9-10;;/h1-20H,21H2;2*3-9H;;/q;2*-1;2*+1/p+2. The van der Waals surface area contributed by atoms with E-state index in [1.54, 1.807) is 22.7 Å². The molecule has 292 valence electrons. The molecule has 0 N–H and O–H groups in total. The van der Waals surface area contributed by atoms with E-state index in [1.165, 1.54) is 67.5 Å². The summed E-state index contributed by atoms with van der Waals surface area (Å²) < 4.78 is 5.06. The minimum Gasteiger partial charge on any atom is -0.366 e. The van der Waals surface area contributed by atoms with Gasteiger partial charge in [0.05, 0.1) is 0 Å². The van der Waals surface area contributed by atoms with Gasteiger partial charge in [-0.25, -0.2) is 0 Å². The molecule has 8 aromatic carbocycles. The molecular formula is C53H38Au2P2S2+2. The van der Waals surface area contributed by atoms with Gasteiger partial charge in [-0.2, -0.15) is 0 Å². The third-order valence-corrected chi connectivity index (χ3v) is 19.1. The molecule has 0 unspecified atom stereocenters. The van der Waals surface area contributed by atoms with Gasteiger partial charge < -0.3 is 12.8 Å². The Hall–Kier alpha value is -4.34. The van der Waals surface area contributed by atoms with Crippen molar-refractivity contribution in [2.24, 2.45) is 0 Å². The first-order valence-electron chi connectivity index (χ1n) is 18.8. The molecule has 0 aliphatic carbocycles. The van der Waals surface area contributed by atoms with Crippen molar-refractivity contribution in [1.29, 1.82) is 0 Å². The fraction of sp³-hybridized carbons (Fsp3) is 0.0189. The Labute approximate surface area is 389 Å². The Bertz CT molecular complexity index is 2680. The molecule has 0 atom stereocenters. The summed E-state index contributed by atoms with van der Waals surface area (Å²) >= 11 is 3.54. The first-order valence-corrected chi connectivity index (χ1v) is 23.8. The smallest absolute Gasteiger partial charge is 0.366 e. The SMILES string of the molecule is [Au+].[Au+].[C-]#Cc1ccc2c(c1)sc1ccccc12.[C-]#Cc1ccc2c(c1)sc1ccccc12.c1ccc([PH+](C[PH+](c2ccccc2)c2ccccc2)c2ccccc2)cc1. The topological polar surface area (TPSA) is 0 Å². The van der Waals surface area contributed by atoms with Gasteiger partial charge in [0.25, 0.3) is 0 Å². The molecule has 0 nitrogen and oxygen atoms in total. The van der Waals surface area contributed by atoms with Crippen LogP contribution in [0.15, 0.2) is 206 Å². The van der Waals surface area contributed by atoms with E-state index >= 15 is 0 Å². The van der Waals surface area contributed by atoms with E-state index in [-0.39, 0.29) is 44.8 Å². The summed E-state index contributed by atoms with van der Waals surface area (Å²) in [6.07, 6.45) is 14.2. The second-order valence-corrected chi connectivity index (χ2v) is 21.3. The van der Waals surface area contributed by atoms with E-state index in [2.05, 4.69) is 194 Å². The molecule has 0 spiro atoms. The van der Waals surface area contributed by atoms with Crippen LogP contribution in [0.1, 0.15) is 11.1 Å². The Morgan fingerprint density at radius 2 is 0.627 bits per heavy atom. The molecule has 59 heavy (non-hydrogen) atoms. The molecular weight excluding hydrogens is 1160 g/mol. The number of hydrogen-bond donors (Lipinski definition) is 0. The van der Waals surface area contributed by atoms with Crippen molar-refractivity contribution in [2.45, 2.75) is 0 Å². The average Bonchev–Trinajstić information content (AvgIpc) is 3.86. The normalized spacial score (nSPS) is 10.4. The quantitative estimate of drug-likeness (QED) is 0.0674. The maximum atomic E-state index is 7.11. The van der Waals surface area contributed by atoms with Crippen LogP contribution in [0.3, 0.4) is 0 Å². The van der Waals surface area contributed by atoms with Gasteiger partial charge >= 0.3 is 44.8 Å². The zero-order valence-electron chi connectivity index (χ0n) is 31.8. The van der Waals surface area contributed by atoms with Crippen LogP contribution in [0.2, 0.25) is 0 Å². The summed E-state index contributed by atoms with van der Waals surface area (Å²) in [7, 11) is -1.69. The minimum atomic E-state index is -0.847. The van der Waals surface area contributed by atoms with Gasteiger partial charge in [0.15, 0.2) is 5.90 Å². The van der Waals surface area contributed by atoms with Gasteiger partial charge in [-0.1, -0.05) is 121 Å². The molecule has 0 radical (unpaired) electrons. The van der Waals surface area contributed by atoms with E-state index in [1.807, 2.05) is 24.3 Å². The molecule has 0 saturated carbocycles. The zero-order valence-corrected chi connectivity index (χ0v) is 39.7. The van der Waals surface area contributed by atoms with Crippen molar-refractivity contribution in [3.05, 3.63) is 230 Å². The predicted octanol–water partition coefficient (Wildman–Crippen LogP) is 12.7. The van der Waals surface area contributed by atoms with Gasteiger partial charge in [0, 0.05) is 29.6 Å². The number of thiophene rings is 2. The van der Waals surface area contributed by atoms with E-state index in [0.717, 1.165) is 11.1 Å². The molecule has 2 aromatic heterocycles. The molecule has 10 aromatic rings. The van der Waals surface area contributed by atoms with E-state index < -0.39 is 15.8 Å². The molecule has 0 fully saturated rings. The summed E-state index contributed by atoms with van der Waals surface area (Å²) in [6, 6.07) is 73.3. The summed E-state index contributed by atoms with van der Waals surface area (Å²) in [4.78, 5) is 0. The number of rotatable bonds is 6. The largest absolute Gasteiger partial charge is 1.00 e. The van der Waals surface area contributed by atoms with Crippen molar-refractivity contribution in [2.75, 3.05) is 5.90 Å². The number of fused-ring (bicyclic) bond motifs is 6. The molecule has 2 heterocycles. The fourth-order valence-corrected chi connectivity index (χ4v) is 17.1. The summed E-state index contributed by atoms with van der Waals surface area (Å²) in [6.45, 7) is 0. The molecule has 0 amide bonds. The third kappa shape index (κ3) is 10.7. The number of benzene rings is 8. The Kier molecular flexibility index (Phi) is 16.3. The van der Waals surface area contributed by atoms with Crippen molar-refractivity contribution >= 4 is 100 Å². The molecule has 0 aliphatic heterocycles. The van der Waals surface area contributed by atoms with Gasteiger partial charge in [-0.15, -0.1) is 58.1 Å². The van der Waals surface area contributed by atoms with Crippen LogP contribution >= 0.6 is 38.5 Å². The maximum Gasteiger partial charge on any atom is 1.00 e. The van der Waals surface area contributed by atoms with Crippen LogP contribution in [0.4, 0.5) is 0 Å². The first kappa shape index (κ1) is 44.2. The van der Waals surface area contributed by atoms with E-state index in [0.29, 0.717) is 0 Å². The summed E-state index contributed by atoms with van der Waals surface area (Å²) in [5, 5.41) is 11.2. The molecule has 10 rings (SSSR count). The molecule has 0 saturated heterocycles. The van der Waals surface area contributed by atoms with Crippen LogP contribution in [-0.4, -0.2) is 5.90 Å². The van der Waals surface area contributed by atoms with E-state index in [9.17, 15) is 0 Å².